The maximum atomic E-state index is 13.0. The van der Waals surface area contributed by atoms with Gasteiger partial charge in [-0.05, 0) is 53.4 Å². The normalized spacial score (nSPS) is 12.2. The lowest BCUT2D eigenvalue weighted by molar-refractivity contribution is 0.0938. The highest BCUT2D eigenvalue weighted by Gasteiger charge is 2.23. The van der Waals surface area contributed by atoms with Crippen molar-refractivity contribution in [1.82, 2.24) is 10.3 Å². The number of nitriles is 2. The number of carbonyl (C=O) groups is 1. The fraction of sp³-hybridized carbons (Fsp3) is 0.167. The maximum absolute atomic E-state index is 13.0. The van der Waals surface area contributed by atoms with Crippen molar-refractivity contribution in [2.45, 2.75) is 38.5 Å². The fourth-order valence-corrected chi connectivity index (χ4v) is 4.82. The predicted molar refractivity (Wildman–Crippen MR) is 173 cm³/mol. The molecule has 45 heavy (non-hydrogen) atoms. The summed E-state index contributed by atoms with van der Waals surface area (Å²) in [5.41, 5.74) is 4.09. The van der Waals surface area contributed by atoms with Gasteiger partial charge >= 0.3 is 5.63 Å². The molecule has 5 aromatic rings. The van der Waals surface area contributed by atoms with E-state index in [0.29, 0.717) is 30.5 Å². The number of pyridine rings is 1. The minimum absolute atomic E-state index is 0.112. The van der Waals surface area contributed by atoms with Crippen LogP contribution >= 0.6 is 0 Å². The Morgan fingerprint density at radius 1 is 0.933 bits per heavy atom. The number of aryl methyl sites for hydroxylation is 1. The van der Waals surface area contributed by atoms with E-state index in [1.165, 1.54) is 12.4 Å². The van der Waals surface area contributed by atoms with E-state index in [1.54, 1.807) is 18.2 Å². The van der Waals surface area contributed by atoms with Gasteiger partial charge in [0.25, 0.3) is 5.91 Å². The van der Waals surface area contributed by atoms with E-state index in [1.807, 2.05) is 73.7 Å². The largest absolute Gasteiger partial charge is 0.422 e. The van der Waals surface area contributed by atoms with Crippen molar-refractivity contribution in [3.8, 4) is 12.1 Å². The van der Waals surface area contributed by atoms with Crippen LogP contribution in [0.2, 0.25) is 0 Å². The molecule has 0 fully saturated rings. The van der Waals surface area contributed by atoms with Crippen molar-refractivity contribution in [2.75, 3.05) is 4.90 Å². The van der Waals surface area contributed by atoms with Gasteiger partial charge in [-0.2, -0.15) is 10.5 Å². The number of carbonyl (C=O) groups excluding carboxylic acids is 1. The van der Waals surface area contributed by atoms with Crippen LogP contribution in [0.5, 0.6) is 0 Å². The van der Waals surface area contributed by atoms with Gasteiger partial charge in [0.1, 0.15) is 11.3 Å². The average molecular weight is 595 g/mol. The average Bonchev–Trinajstić information content (AvgIpc) is 3.08. The lowest BCUT2D eigenvalue weighted by Crippen LogP contribution is -2.41. The van der Waals surface area contributed by atoms with Crippen LogP contribution in [0.25, 0.3) is 11.0 Å². The predicted octanol–water partition coefficient (Wildman–Crippen LogP) is 5.59. The number of rotatable bonds is 11. The van der Waals surface area contributed by atoms with Crippen molar-refractivity contribution in [3.05, 3.63) is 142 Å². The number of aromatic nitrogens is 1. The minimum Gasteiger partial charge on any atom is -0.422 e. The summed E-state index contributed by atoms with van der Waals surface area (Å²) in [6.07, 6.45) is 3.43. The summed E-state index contributed by atoms with van der Waals surface area (Å²) in [5.74, 6) is -0.595. The van der Waals surface area contributed by atoms with E-state index < -0.39 is 23.6 Å². The van der Waals surface area contributed by atoms with Crippen LogP contribution in [-0.4, -0.2) is 29.2 Å². The van der Waals surface area contributed by atoms with Gasteiger partial charge in [-0.3, -0.25) is 14.8 Å². The lowest BCUT2D eigenvalue weighted by Gasteiger charge is -2.25. The summed E-state index contributed by atoms with van der Waals surface area (Å²) >= 11 is 0. The van der Waals surface area contributed by atoms with E-state index in [0.717, 1.165) is 22.4 Å². The standard InChI is InChI=1S/C36H30N6O3/c1-2-25-15-16-39-31(17-25)35(43)41-33(21-38)32(20-37)40-22-29-18-28-13-14-30(19-34(28)45-36(29)44)42(23-26-9-5-3-6-10-26)24-27-11-7-4-8-12-27/h3-19,22,32-33H,2,23-24H2,1H3,(H,41,43). The molecule has 2 unspecified atom stereocenters. The second kappa shape index (κ2) is 14.4. The highest BCUT2D eigenvalue weighted by Crippen LogP contribution is 2.25. The number of hydrogen-bond donors (Lipinski definition) is 1. The molecule has 9 heteroatoms. The van der Waals surface area contributed by atoms with E-state index in [9.17, 15) is 20.1 Å². The Morgan fingerprint density at radius 2 is 1.62 bits per heavy atom. The molecular weight excluding hydrogens is 564 g/mol. The maximum Gasteiger partial charge on any atom is 0.345 e. The monoisotopic (exact) mass is 594 g/mol. The SMILES string of the molecule is CCc1ccnc(C(=O)NC(C#N)C(C#N)N=Cc2cc3ccc(N(Cc4ccccc4)Cc4ccccc4)cc3oc2=O)c1. The first-order chi connectivity index (χ1) is 22.0. The fourth-order valence-electron chi connectivity index (χ4n) is 4.82. The number of anilines is 1. The summed E-state index contributed by atoms with van der Waals surface area (Å²) < 4.78 is 5.68. The highest BCUT2D eigenvalue weighted by atomic mass is 16.4. The lowest BCUT2D eigenvalue weighted by atomic mass is 10.1. The van der Waals surface area contributed by atoms with Gasteiger partial charge in [-0.25, -0.2) is 4.79 Å². The summed E-state index contributed by atoms with van der Waals surface area (Å²) in [5, 5.41) is 22.6. The molecule has 0 aliphatic heterocycles. The van der Waals surface area contributed by atoms with Crippen LogP contribution in [-0.2, 0) is 19.5 Å². The molecule has 1 amide bonds. The first-order valence-corrected chi connectivity index (χ1v) is 14.5. The van der Waals surface area contributed by atoms with Crippen LogP contribution in [0.4, 0.5) is 5.69 Å². The third-order valence-corrected chi connectivity index (χ3v) is 7.26. The Kier molecular flexibility index (Phi) is 9.73. The number of fused-ring (bicyclic) bond motifs is 1. The molecule has 2 heterocycles. The molecule has 9 nitrogen and oxygen atoms in total. The van der Waals surface area contributed by atoms with Crippen LogP contribution in [0.3, 0.4) is 0 Å². The van der Waals surface area contributed by atoms with E-state index in [-0.39, 0.29) is 11.3 Å². The zero-order valence-corrected chi connectivity index (χ0v) is 24.6. The third kappa shape index (κ3) is 7.67. The quantitative estimate of drug-likeness (QED) is 0.156. The number of nitrogens with one attached hydrogen (secondary N) is 1. The summed E-state index contributed by atoms with van der Waals surface area (Å²) in [4.78, 5) is 36.1. The molecule has 0 spiro atoms. The molecule has 0 aliphatic carbocycles. The first kappa shape index (κ1) is 30.4. The molecule has 222 valence electrons. The van der Waals surface area contributed by atoms with Crippen molar-refractivity contribution >= 4 is 28.8 Å². The smallest absolute Gasteiger partial charge is 0.345 e. The van der Waals surface area contributed by atoms with E-state index in [4.69, 9.17) is 4.42 Å². The zero-order valence-electron chi connectivity index (χ0n) is 24.6. The van der Waals surface area contributed by atoms with Crippen molar-refractivity contribution in [2.24, 2.45) is 4.99 Å². The first-order valence-electron chi connectivity index (χ1n) is 14.5. The number of benzene rings is 3. The summed E-state index contributed by atoms with van der Waals surface area (Å²) in [6.45, 7) is 3.26. The van der Waals surface area contributed by atoms with Gasteiger partial charge < -0.3 is 14.6 Å². The molecule has 3 aromatic carbocycles. The second-order valence-corrected chi connectivity index (χ2v) is 10.4. The van der Waals surface area contributed by atoms with Crippen LogP contribution in [0.1, 0.15) is 39.7 Å². The van der Waals surface area contributed by atoms with Crippen LogP contribution in [0, 0.1) is 22.7 Å². The Balaban J connectivity index is 1.37. The van der Waals surface area contributed by atoms with Gasteiger partial charge in [0.05, 0.1) is 17.7 Å². The number of aliphatic imine (C=N–C) groups is 1. The summed E-state index contributed by atoms with van der Waals surface area (Å²) in [7, 11) is 0. The Morgan fingerprint density at radius 3 is 2.24 bits per heavy atom. The molecule has 0 saturated carbocycles. The Labute approximate surface area is 260 Å². The Bertz CT molecular complexity index is 1920. The molecule has 2 aromatic heterocycles. The van der Waals surface area contributed by atoms with Crippen LogP contribution < -0.4 is 15.8 Å². The van der Waals surface area contributed by atoms with Gasteiger partial charge in [0, 0.05) is 42.6 Å². The molecule has 5 rings (SSSR count). The van der Waals surface area contributed by atoms with Gasteiger partial charge in [0.15, 0.2) is 12.1 Å². The number of amides is 1. The second-order valence-electron chi connectivity index (χ2n) is 10.4. The summed E-state index contributed by atoms with van der Waals surface area (Å²) in [6, 6.07) is 32.3. The van der Waals surface area contributed by atoms with E-state index >= 15 is 0 Å². The highest BCUT2D eigenvalue weighted by molar-refractivity contribution is 5.93. The van der Waals surface area contributed by atoms with Gasteiger partial charge in [-0.1, -0.05) is 67.6 Å². The van der Waals surface area contributed by atoms with Gasteiger partial charge in [0.2, 0.25) is 0 Å². The molecule has 1 N–H and O–H groups in total. The third-order valence-electron chi connectivity index (χ3n) is 7.26. The van der Waals surface area contributed by atoms with Crippen LogP contribution in [0.15, 0.2) is 117 Å². The molecule has 0 bridgehead atoms. The minimum atomic E-state index is -1.27. The molecular formula is C36H30N6O3. The number of nitrogens with zero attached hydrogens (tertiary/aromatic N) is 5. The van der Waals surface area contributed by atoms with Crippen molar-refractivity contribution in [3.63, 3.8) is 0 Å². The molecule has 0 radical (unpaired) electrons. The van der Waals surface area contributed by atoms with Crippen molar-refractivity contribution in [1.29, 1.82) is 10.5 Å². The van der Waals surface area contributed by atoms with Gasteiger partial charge in [-0.15, -0.1) is 0 Å². The molecule has 2 atom stereocenters. The van der Waals surface area contributed by atoms with E-state index in [2.05, 4.69) is 44.5 Å². The molecule has 0 saturated heterocycles. The molecule has 0 aliphatic rings. The Hall–Kier alpha value is -6.06. The number of hydrogen-bond acceptors (Lipinski definition) is 8. The zero-order chi connectivity index (χ0) is 31.6. The topological polar surface area (TPSA) is 135 Å². The van der Waals surface area contributed by atoms with Crippen molar-refractivity contribution < 1.29 is 9.21 Å².